The van der Waals surface area contributed by atoms with E-state index < -0.39 is 18.2 Å². The first-order valence-electron chi connectivity index (χ1n) is 4.54. The average molecular weight is 227 g/mol. The van der Waals surface area contributed by atoms with Crippen LogP contribution in [0.3, 0.4) is 0 Å². The monoisotopic (exact) mass is 227 g/mol. The third-order valence-corrected chi connectivity index (χ3v) is 2.05. The molecule has 6 heteroatoms. The highest BCUT2D eigenvalue weighted by Gasteiger charge is 2.26. The number of carbonyl (C=O) groups is 1. The second kappa shape index (κ2) is 5.43. The van der Waals surface area contributed by atoms with Crippen LogP contribution in [0.5, 0.6) is 5.88 Å². The molecule has 0 radical (unpaired) electrons. The van der Waals surface area contributed by atoms with Crippen LogP contribution in [0, 0.1) is 0 Å². The van der Waals surface area contributed by atoms with Gasteiger partial charge < -0.3 is 19.7 Å². The Morgan fingerprint density at radius 2 is 2.12 bits per heavy atom. The maximum atomic E-state index is 11.0. The number of aromatic nitrogens is 1. The molecule has 0 bridgehead atoms. The van der Waals surface area contributed by atoms with Crippen molar-refractivity contribution in [3.05, 3.63) is 23.9 Å². The Balaban J connectivity index is 2.86. The minimum atomic E-state index is -1.63. The van der Waals surface area contributed by atoms with Crippen LogP contribution >= 0.6 is 0 Å². The summed E-state index contributed by atoms with van der Waals surface area (Å²) in [6.45, 7) is 0. The van der Waals surface area contributed by atoms with Crippen LogP contribution in [0.4, 0.5) is 0 Å². The van der Waals surface area contributed by atoms with Crippen molar-refractivity contribution >= 4 is 5.97 Å². The second-order valence-electron chi connectivity index (χ2n) is 3.04. The standard InChI is InChI=1S/C10H13NO5/c1-15-7-5-6(3-4-11-7)8(12)9(13)10(14)16-2/h3-5,8-9,12-13H,1-2H3. The summed E-state index contributed by atoms with van der Waals surface area (Å²) in [7, 11) is 2.56. The molecule has 6 nitrogen and oxygen atoms in total. The smallest absolute Gasteiger partial charge is 0.337 e. The lowest BCUT2D eigenvalue weighted by molar-refractivity contribution is -0.156. The number of pyridine rings is 1. The zero-order valence-corrected chi connectivity index (χ0v) is 8.95. The molecule has 0 spiro atoms. The first kappa shape index (κ1) is 12.4. The molecular weight excluding hydrogens is 214 g/mol. The second-order valence-corrected chi connectivity index (χ2v) is 3.04. The number of ether oxygens (including phenoxy) is 2. The van der Waals surface area contributed by atoms with Crippen LogP contribution in [-0.4, -0.2) is 41.5 Å². The SMILES string of the molecule is COC(=O)C(O)C(O)c1ccnc(OC)c1. The number of hydrogen-bond donors (Lipinski definition) is 2. The summed E-state index contributed by atoms with van der Waals surface area (Å²) in [5, 5.41) is 19.1. The minimum Gasteiger partial charge on any atom is -0.481 e. The molecule has 1 aromatic rings. The number of methoxy groups -OCH3 is 2. The van der Waals surface area contributed by atoms with Crippen molar-refractivity contribution in [1.29, 1.82) is 0 Å². The number of aliphatic hydroxyl groups is 2. The van der Waals surface area contributed by atoms with Crippen molar-refractivity contribution in [3.63, 3.8) is 0 Å². The van der Waals surface area contributed by atoms with E-state index in [9.17, 15) is 15.0 Å². The van der Waals surface area contributed by atoms with E-state index in [0.29, 0.717) is 5.56 Å². The van der Waals surface area contributed by atoms with E-state index in [2.05, 4.69) is 9.72 Å². The number of esters is 1. The van der Waals surface area contributed by atoms with Crippen molar-refractivity contribution in [2.45, 2.75) is 12.2 Å². The van der Waals surface area contributed by atoms with E-state index >= 15 is 0 Å². The Morgan fingerprint density at radius 1 is 1.44 bits per heavy atom. The lowest BCUT2D eigenvalue weighted by Crippen LogP contribution is -2.29. The predicted molar refractivity (Wildman–Crippen MR) is 53.8 cm³/mol. The maximum Gasteiger partial charge on any atom is 0.337 e. The highest BCUT2D eigenvalue weighted by Crippen LogP contribution is 2.20. The molecule has 1 aromatic heterocycles. The van der Waals surface area contributed by atoms with Gasteiger partial charge in [0.2, 0.25) is 5.88 Å². The van der Waals surface area contributed by atoms with Crippen LogP contribution in [0.15, 0.2) is 18.3 Å². The molecule has 0 fully saturated rings. The fourth-order valence-electron chi connectivity index (χ4n) is 1.15. The van der Waals surface area contributed by atoms with Crippen LogP contribution in [0.2, 0.25) is 0 Å². The van der Waals surface area contributed by atoms with Gasteiger partial charge in [0.1, 0.15) is 6.10 Å². The number of carbonyl (C=O) groups excluding carboxylic acids is 1. The van der Waals surface area contributed by atoms with E-state index in [1.54, 1.807) is 0 Å². The first-order valence-corrected chi connectivity index (χ1v) is 4.54. The molecule has 88 valence electrons. The van der Waals surface area contributed by atoms with Crippen molar-refractivity contribution in [2.75, 3.05) is 14.2 Å². The normalized spacial score (nSPS) is 14.0. The summed E-state index contributed by atoms with van der Waals surface area (Å²) < 4.78 is 9.17. The molecule has 0 saturated heterocycles. The van der Waals surface area contributed by atoms with Crippen molar-refractivity contribution in [3.8, 4) is 5.88 Å². The summed E-state index contributed by atoms with van der Waals surface area (Å²) >= 11 is 0. The Kier molecular flexibility index (Phi) is 4.21. The fourth-order valence-corrected chi connectivity index (χ4v) is 1.15. The quantitative estimate of drug-likeness (QED) is 0.684. The van der Waals surface area contributed by atoms with Gasteiger partial charge in [-0.1, -0.05) is 0 Å². The third-order valence-electron chi connectivity index (χ3n) is 2.05. The lowest BCUT2D eigenvalue weighted by Gasteiger charge is -2.16. The van der Waals surface area contributed by atoms with E-state index in [-0.39, 0.29) is 5.88 Å². The van der Waals surface area contributed by atoms with Gasteiger partial charge in [-0.2, -0.15) is 0 Å². The molecular formula is C10H13NO5. The van der Waals surface area contributed by atoms with Gasteiger partial charge in [-0.05, 0) is 11.6 Å². The van der Waals surface area contributed by atoms with Gasteiger partial charge in [0, 0.05) is 12.3 Å². The van der Waals surface area contributed by atoms with E-state index in [0.717, 1.165) is 7.11 Å². The van der Waals surface area contributed by atoms with Gasteiger partial charge in [0.05, 0.1) is 14.2 Å². The third kappa shape index (κ3) is 2.68. The zero-order chi connectivity index (χ0) is 12.1. The Labute approximate surface area is 92.5 Å². The number of aliphatic hydroxyl groups excluding tert-OH is 2. The molecule has 0 aliphatic carbocycles. The zero-order valence-electron chi connectivity index (χ0n) is 8.95. The maximum absolute atomic E-state index is 11.0. The van der Waals surface area contributed by atoms with Gasteiger partial charge in [-0.25, -0.2) is 9.78 Å². The molecule has 1 heterocycles. The van der Waals surface area contributed by atoms with E-state index in [1.165, 1.54) is 25.4 Å². The summed E-state index contributed by atoms with van der Waals surface area (Å²) in [6.07, 6.45) is -1.59. The summed E-state index contributed by atoms with van der Waals surface area (Å²) in [6, 6.07) is 2.90. The largest absolute Gasteiger partial charge is 0.481 e. The molecule has 2 unspecified atom stereocenters. The number of nitrogens with zero attached hydrogens (tertiary/aromatic N) is 1. The summed E-state index contributed by atoms with van der Waals surface area (Å²) in [5.41, 5.74) is 0.324. The Hall–Kier alpha value is -1.66. The van der Waals surface area contributed by atoms with Crippen molar-refractivity contribution in [1.82, 2.24) is 4.98 Å². The fraction of sp³-hybridized carbons (Fsp3) is 0.400. The molecule has 0 aromatic carbocycles. The van der Waals surface area contributed by atoms with Crippen LogP contribution in [-0.2, 0) is 9.53 Å². The number of rotatable bonds is 4. The van der Waals surface area contributed by atoms with Gasteiger partial charge in [-0.3, -0.25) is 0 Å². The molecule has 2 N–H and O–H groups in total. The first-order chi connectivity index (χ1) is 7.60. The topological polar surface area (TPSA) is 88.9 Å². The number of hydrogen-bond acceptors (Lipinski definition) is 6. The molecule has 0 saturated carbocycles. The van der Waals surface area contributed by atoms with Gasteiger partial charge in [0.25, 0.3) is 0 Å². The van der Waals surface area contributed by atoms with Gasteiger partial charge in [0.15, 0.2) is 6.10 Å². The molecule has 1 rings (SSSR count). The highest BCUT2D eigenvalue weighted by molar-refractivity contribution is 5.75. The van der Waals surface area contributed by atoms with Crippen molar-refractivity contribution in [2.24, 2.45) is 0 Å². The lowest BCUT2D eigenvalue weighted by atomic mass is 10.1. The summed E-state index contributed by atoms with van der Waals surface area (Å²) in [4.78, 5) is 14.8. The van der Waals surface area contributed by atoms with E-state index in [1.807, 2.05) is 0 Å². The summed E-state index contributed by atoms with van der Waals surface area (Å²) in [5.74, 6) is -0.614. The Bertz CT molecular complexity index is 368. The predicted octanol–water partition coefficient (Wildman–Crippen LogP) is -0.343. The molecule has 2 atom stereocenters. The molecule has 0 aliphatic heterocycles. The van der Waals surface area contributed by atoms with Crippen LogP contribution in [0.25, 0.3) is 0 Å². The average Bonchev–Trinajstić information content (AvgIpc) is 2.36. The van der Waals surface area contributed by atoms with Crippen LogP contribution < -0.4 is 4.74 Å². The van der Waals surface area contributed by atoms with Gasteiger partial charge in [-0.15, -0.1) is 0 Å². The molecule has 0 amide bonds. The molecule has 0 aliphatic rings. The highest BCUT2D eigenvalue weighted by atomic mass is 16.5. The molecule has 16 heavy (non-hydrogen) atoms. The van der Waals surface area contributed by atoms with Crippen LogP contribution in [0.1, 0.15) is 11.7 Å². The van der Waals surface area contributed by atoms with Crippen molar-refractivity contribution < 1.29 is 24.5 Å². The van der Waals surface area contributed by atoms with Gasteiger partial charge >= 0.3 is 5.97 Å². The Morgan fingerprint density at radius 3 is 2.69 bits per heavy atom. The van der Waals surface area contributed by atoms with E-state index in [4.69, 9.17) is 4.74 Å². The minimum absolute atomic E-state index is 0.286.